The third-order valence-corrected chi connectivity index (χ3v) is 4.79. The summed E-state index contributed by atoms with van der Waals surface area (Å²) < 4.78 is 0. The fraction of sp³-hybridized carbons (Fsp3) is 0.647. The maximum Gasteiger partial charge on any atom is 0.0428 e. The van der Waals surface area contributed by atoms with Gasteiger partial charge in [0.05, 0.1) is 0 Å². The number of hydrogen-bond donors (Lipinski definition) is 1. The molecule has 2 nitrogen and oxygen atoms in total. The summed E-state index contributed by atoms with van der Waals surface area (Å²) in [6, 6.07) is 2.31. The van der Waals surface area contributed by atoms with Crippen molar-refractivity contribution in [2.75, 3.05) is 32.1 Å². The highest BCUT2D eigenvalue weighted by molar-refractivity contribution is 5.63. The van der Waals surface area contributed by atoms with E-state index >= 15 is 0 Å². The number of aryl methyl sites for hydroxylation is 2. The van der Waals surface area contributed by atoms with Gasteiger partial charge in [0.1, 0.15) is 0 Å². The molecule has 0 amide bonds. The number of hydrogen-bond acceptors (Lipinski definition) is 2. The van der Waals surface area contributed by atoms with Gasteiger partial charge in [-0.15, -0.1) is 0 Å². The molecule has 0 aliphatic heterocycles. The lowest BCUT2D eigenvalue weighted by Crippen LogP contribution is -2.33. The van der Waals surface area contributed by atoms with Crippen LogP contribution in [0.5, 0.6) is 0 Å². The molecule has 2 heteroatoms. The van der Waals surface area contributed by atoms with Crippen LogP contribution in [0.1, 0.15) is 35.1 Å². The third kappa shape index (κ3) is 2.79. The molecule has 1 aromatic carbocycles. The Balaban J connectivity index is 2.26. The maximum absolute atomic E-state index is 3.35. The van der Waals surface area contributed by atoms with Gasteiger partial charge in [-0.3, -0.25) is 0 Å². The number of nitrogens with zero attached hydrogens (tertiary/aromatic N) is 1. The first-order valence-electron chi connectivity index (χ1n) is 7.33. The molecule has 1 aromatic rings. The van der Waals surface area contributed by atoms with Crippen LogP contribution in [0.4, 0.5) is 5.69 Å². The van der Waals surface area contributed by atoms with Gasteiger partial charge in [-0.25, -0.2) is 0 Å². The van der Waals surface area contributed by atoms with Crippen molar-refractivity contribution in [2.24, 2.45) is 5.41 Å². The van der Waals surface area contributed by atoms with E-state index in [-0.39, 0.29) is 0 Å². The van der Waals surface area contributed by atoms with Crippen LogP contribution in [0.25, 0.3) is 0 Å². The molecule has 2 rings (SSSR count). The third-order valence-electron chi connectivity index (χ3n) is 4.79. The Labute approximate surface area is 118 Å². The quantitative estimate of drug-likeness (QED) is 0.873. The van der Waals surface area contributed by atoms with Crippen molar-refractivity contribution in [1.82, 2.24) is 5.32 Å². The SMILES string of the molecule is CNCC1(CN(C)c2c(C)c(C)cc(C)c2C)CC1. The van der Waals surface area contributed by atoms with Gasteiger partial charge in [-0.05, 0) is 69.8 Å². The smallest absolute Gasteiger partial charge is 0.0428 e. The lowest BCUT2D eigenvalue weighted by molar-refractivity contribution is 0.482. The highest BCUT2D eigenvalue weighted by Crippen LogP contribution is 2.46. The van der Waals surface area contributed by atoms with Crippen LogP contribution in [0.3, 0.4) is 0 Å². The van der Waals surface area contributed by atoms with E-state index in [0.717, 1.165) is 6.54 Å². The van der Waals surface area contributed by atoms with E-state index in [2.05, 4.69) is 58.1 Å². The molecule has 0 bridgehead atoms. The molecule has 0 unspecified atom stereocenters. The van der Waals surface area contributed by atoms with Crippen LogP contribution in [-0.2, 0) is 0 Å². The van der Waals surface area contributed by atoms with Gasteiger partial charge in [0, 0.05) is 31.2 Å². The molecule has 1 saturated carbocycles. The van der Waals surface area contributed by atoms with Crippen LogP contribution in [0.15, 0.2) is 6.07 Å². The Morgan fingerprint density at radius 1 is 1.11 bits per heavy atom. The van der Waals surface area contributed by atoms with E-state index in [1.165, 1.54) is 47.3 Å². The molecule has 0 heterocycles. The molecule has 1 aliphatic carbocycles. The lowest BCUT2D eigenvalue weighted by Gasteiger charge is -2.30. The highest BCUT2D eigenvalue weighted by Gasteiger charge is 2.43. The fourth-order valence-electron chi connectivity index (χ4n) is 3.29. The summed E-state index contributed by atoms with van der Waals surface area (Å²) in [4.78, 5) is 2.48. The zero-order chi connectivity index (χ0) is 14.2. The van der Waals surface area contributed by atoms with Crippen molar-refractivity contribution >= 4 is 5.69 Å². The van der Waals surface area contributed by atoms with E-state index in [1.807, 2.05) is 0 Å². The topological polar surface area (TPSA) is 15.3 Å². The summed E-state index contributed by atoms with van der Waals surface area (Å²) in [6.07, 6.45) is 2.72. The second kappa shape index (κ2) is 5.16. The molecule has 0 radical (unpaired) electrons. The zero-order valence-electron chi connectivity index (χ0n) is 13.4. The van der Waals surface area contributed by atoms with E-state index in [9.17, 15) is 0 Å². The summed E-state index contributed by atoms with van der Waals surface area (Å²) >= 11 is 0. The van der Waals surface area contributed by atoms with Gasteiger partial charge in [0.15, 0.2) is 0 Å². The molecule has 0 atom stereocenters. The summed E-state index contributed by atoms with van der Waals surface area (Å²) in [5, 5.41) is 3.35. The Morgan fingerprint density at radius 2 is 1.63 bits per heavy atom. The minimum Gasteiger partial charge on any atom is -0.374 e. The van der Waals surface area contributed by atoms with Gasteiger partial charge in [0.25, 0.3) is 0 Å². The van der Waals surface area contributed by atoms with Gasteiger partial charge >= 0.3 is 0 Å². The average molecular weight is 260 g/mol. The average Bonchev–Trinajstić information content (AvgIpc) is 3.07. The normalized spacial score (nSPS) is 16.5. The minimum atomic E-state index is 0.514. The largest absolute Gasteiger partial charge is 0.374 e. The number of benzene rings is 1. The predicted molar refractivity (Wildman–Crippen MR) is 84.3 cm³/mol. The summed E-state index contributed by atoms with van der Waals surface area (Å²) in [5.41, 5.74) is 7.64. The fourth-order valence-corrected chi connectivity index (χ4v) is 3.29. The molecule has 1 aliphatic rings. The predicted octanol–water partition coefficient (Wildman–Crippen LogP) is 3.36. The molecule has 0 saturated heterocycles. The second-order valence-electron chi connectivity index (χ2n) is 6.50. The lowest BCUT2D eigenvalue weighted by atomic mass is 9.97. The number of anilines is 1. The minimum absolute atomic E-state index is 0.514. The molecule has 19 heavy (non-hydrogen) atoms. The van der Waals surface area contributed by atoms with Crippen LogP contribution in [-0.4, -0.2) is 27.2 Å². The summed E-state index contributed by atoms with van der Waals surface area (Å²) in [7, 11) is 4.32. The van der Waals surface area contributed by atoms with Crippen molar-refractivity contribution in [3.63, 3.8) is 0 Å². The van der Waals surface area contributed by atoms with Crippen molar-refractivity contribution < 1.29 is 0 Å². The Kier molecular flexibility index (Phi) is 3.91. The zero-order valence-corrected chi connectivity index (χ0v) is 13.4. The van der Waals surface area contributed by atoms with Crippen molar-refractivity contribution in [1.29, 1.82) is 0 Å². The summed E-state index contributed by atoms with van der Waals surface area (Å²) in [6.45, 7) is 11.3. The monoisotopic (exact) mass is 260 g/mol. The Bertz CT molecular complexity index is 446. The molecular weight excluding hydrogens is 232 g/mol. The van der Waals surface area contributed by atoms with Gasteiger partial charge < -0.3 is 10.2 Å². The first-order valence-corrected chi connectivity index (χ1v) is 7.33. The van der Waals surface area contributed by atoms with Crippen molar-refractivity contribution in [3.8, 4) is 0 Å². The molecular formula is C17H28N2. The van der Waals surface area contributed by atoms with Gasteiger partial charge in [0.2, 0.25) is 0 Å². The van der Waals surface area contributed by atoms with Gasteiger partial charge in [-0.1, -0.05) is 6.07 Å². The van der Waals surface area contributed by atoms with Crippen molar-refractivity contribution in [3.05, 3.63) is 28.3 Å². The summed E-state index contributed by atoms with van der Waals surface area (Å²) in [5.74, 6) is 0. The molecule has 0 spiro atoms. The Morgan fingerprint density at radius 3 is 2.05 bits per heavy atom. The molecule has 106 valence electrons. The van der Waals surface area contributed by atoms with Crippen LogP contribution < -0.4 is 10.2 Å². The first kappa shape index (κ1) is 14.4. The second-order valence-corrected chi connectivity index (χ2v) is 6.50. The Hall–Kier alpha value is -1.02. The molecule has 1 fully saturated rings. The van der Waals surface area contributed by atoms with E-state index < -0.39 is 0 Å². The van der Waals surface area contributed by atoms with Crippen molar-refractivity contribution in [2.45, 2.75) is 40.5 Å². The maximum atomic E-state index is 3.35. The number of nitrogens with one attached hydrogen (secondary N) is 1. The van der Waals surface area contributed by atoms with E-state index in [1.54, 1.807) is 0 Å². The van der Waals surface area contributed by atoms with Crippen LogP contribution in [0, 0.1) is 33.1 Å². The standard InChI is InChI=1S/C17H28N2/c1-12-9-13(2)15(4)16(14(12)3)19(6)11-17(7-8-17)10-18-5/h9,18H,7-8,10-11H2,1-6H3. The van der Waals surface area contributed by atoms with E-state index in [0.29, 0.717) is 5.41 Å². The van der Waals surface area contributed by atoms with Gasteiger partial charge in [-0.2, -0.15) is 0 Å². The van der Waals surface area contributed by atoms with E-state index in [4.69, 9.17) is 0 Å². The van der Waals surface area contributed by atoms with Crippen LogP contribution in [0.2, 0.25) is 0 Å². The highest BCUT2D eigenvalue weighted by atomic mass is 15.1. The van der Waals surface area contributed by atoms with Crippen LogP contribution >= 0.6 is 0 Å². The molecule has 1 N–H and O–H groups in total. The first-order chi connectivity index (χ1) is 8.90. The number of rotatable bonds is 5. The molecule has 0 aromatic heterocycles.